The molecule has 0 bridgehead atoms. The Bertz CT molecular complexity index is 2280. The van der Waals surface area contributed by atoms with Crippen LogP contribution in [-0.2, 0) is 15.9 Å². The van der Waals surface area contributed by atoms with Crippen molar-refractivity contribution < 1.29 is 19.1 Å². The summed E-state index contributed by atoms with van der Waals surface area (Å²) < 4.78 is 10.5. The number of rotatable bonds is 4. The van der Waals surface area contributed by atoms with Gasteiger partial charge in [-0.3, -0.25) is 0 Å². The van der Waals surface area contributed by atoms with Gasteiger partial charge in [-0.05, 0) is 43.1 Å². The molecule has 0 aliphatic heterocycles. The van der Waals surface area contributed by atoms with E-state index >= 15 is 0 Å². The minimum Gasteiger partial charge on any atom is -0.464 e. The smallest absolute Gasteiger partial charge is 0.355 e. The van der Waals surface area contributed by atoms with Crippen LogP contribution in [0, 0.1) is 0 Å². The Morgan fingerprint density at radius 3 is 1.05 bits per heavy atom. The zero-order valence-corrected chi connectivity index (χ0v) is 23.6. The summed E-state index contributed by atoms with van der Waals surface area (Å²) >= 11 is 0. The number of ether oxygens (including phenoxy) is 2. The molecular formula is C37H26N2O4. The lowest BCUT2D eigenvalue weighted by atomic mass is 9.92. The maximum absolute atomic E-state index is 13.2. The molecule has 0 saturated carbocycles. The fraction of sp³-hybridized carbons (Fsp3) is 0.0811. The lowest BCUT2D eigenvalue weighted by Gasteiger charge is -2.10. The maximum atomic E-state index is 13.2. The van der Waals surface area contributed by atoms with Gasteiger partial charge in [-0.15, -0.1) is 0 Å². The van der Waals surface area contributed by atoms with Crippen molar-refractivity contribution in [1.29, 1.82) is 0 Å². The second-order valence-electron chi connectivity index (χ2n) is 10.8. The fourth-order valence-electron chi connectivity index (χ4n) is 6.93. The van der Waals surface area contributed by atoms with Gasteiger partial charge in [0.05, 0.1) is 14.2 Å². The predicted molar refractivity (Wildman–Crippen MR) is 172 cm³/mol. The van der Waals surface area contributed by atoms with Crippen LogP contribution in [0.2, 0.25) is 0 Å². The molecule has 0 unspecified atom stereocenters. The van der Waals surface area contributed by atoms with Gasteiger partial charge in [0.2, 0.25) is 0 Å². The Hall–Kier alpha value is -5.62. The molecule has 43 heavy (non-hydrogen) atoms. The summed E-state index contributed by atoms with van der Waals surface area (Å²) in [6.45, 7) is 0. The molecule has 6 nitrogen and oxygen atoms in total. The Kier molecular flexibility index (Phi) is 5.53. The van der Waals surface area contributed by atoms with E-state index in [1.165, 1.54) is 14.2 Å². The summed E-state index contributed by atoms with van der Waals surface area (Å²) in [7, 11) is 2.80. The number of aromatic amines is 2. The van der Waals surface area contributed by atoms with E-state index in [0.29, 0.717) is 17.8 Å². The van der Waals surface area contributed by atoms with Gasteiger partial charge in [-0.25, -0.2) is 9.59 Å². The number of hydrogen-bond donors (Lipinski definition) is 2. The number of nitrogens with one attached hydrogen (secondary N) is 2. The van der Waals surface area contributed by atoms with Crippen LogP contribution in [0.3, 0.4) is 0 Å². The molecule has 0 aliphatic rings. The van der Waals surface area contributed by atoms with Crippen molar-refractivity contribution in [2.24, 2.45) is 0 Å². The molecule has 6 aromatic carbocycles. The highest BCUT2D eigenvalue weighted by Gasteiger charge is 2.26. The highest BCUT2D eigenvalue weighted by atomic mass is 16.5. The summed E-state index contributed by atoms with van der Waals surface area (Å²) in [5.41, 5.74) is 2.53. The lowest BCUT2D eigenvalue weighted by molar-refractivity contribution is 0.0588. The monoisotopic (exact) mass is 562 g/mol. The molecule has 0 fully saturated rings. The molecule has 0 aliphatic carbocycles. The Morgan fingerprint density at radius 2 is 0.744 bits per heavy atom. The molecule has 2 N–H and O–H groups in total. The number of benzene rings is 6. The van der Waals surface area contributed by atoms with Crippen molar-refractivity contribution in [1.82, 2.24) is 9.97 Å². The van der Waals surface area contributed by atoms with Crippen molar-refractivity contribution in [2.45, 2.75) is 6.42 Å². The molecule has 6 heteroatoms. The number of carbonyl (C=O) groups excluding carboxylic acids is 2. The summed E-state index contributed by atoms with van der Waals surface area (Å²) in [6.07, 6.45) is 0.408. The van der Waals surface area contributed by atoms with Crippen LogP contribution < -0.4 is 0 Å². The van der Waals surface area contributed by atoms with E-state index in [2.05, 4.69) is 46.4 Å². The third kappa shape index (κ3) is 3.53. The van der Waals surface area contributed by atoms with E-state index in [-0.39, 0.29) is 0 Å². The van der Waals surface area contributed by atoms with Crippen molar-refractivity contribution >= 4 is 76.6 Å². The first-order valence-electron chi connectivity index (χ1n) is 14.1. The minimum atomic E-state index is -0.431. The van der Waals surface area contributed by atoms with Crippen molar-refractivity contribution in [3.05, 3.63) is 120 Å². The topological polar surface area (TPSA) is 84.2 Å². The predicted octanol–water partition coefficient (Wildman–Crippen LogP) is 8.43. The van der Waals surface area contributed by atoms with E-state index in [1.54, 1.807) is 0 Å². The average molecular weight is 563 g/mol. The van der Waals surface area contributed by atoms with Crippen molar-refractivity contribution in [3.63, 3.8) is 0 Å². The highest BCUT2D eigenvalue weighted by molar-refractivity contribution is 6.31. The Labute approximate surface area is 245 Å². The molecule has 0 spiro atoms. The number of fused-ring (bicyclic) bond motifs is 12. The van der Waals surface area contributed by atoms with Gasteiger partial charge in [0.15, 0.2) is 0 Å². The molecule has 0 atom stereocenters. The van der Waals surface area contributed by atoms with E-state index in [1.807, 2.05) is 60.7 Å². The number of carbonyl (C=O) groups is 2. The molecule has 2 heterocycles. The van der Waals surface area contributed by atoms with Crippen LogP contribution in [0.1, 0.15) is 32.4 Å². The number of methoxy groups -OCH3 is 2. The maximum Gasteiger partial charge on any atom is 0.355 e. The Morgan fingerprint density at radius 1 is 0.465 bits per heavy atom. The molecular weight excluding hydrogens is 536 g/mol. The first-order valence-corrected chi connectivity index (χ1v) is 14.1. The summed E-state index contributed by atoms with van der Waals surface area (Å²) in [5, 5.41) is 11.9. The van der Waals surface area contributed by atoms with Crippen molar-refractivity contribution in [2.75, 3.05) is 14.2 Å². The first-order chi connectivity index (χ1) is 21.1. The SMILES string of the molecule is COC(=O)c1[nH]c(Cc2[nH]c(C(=O)OC)c3c4ccccc4c4ccccc4c23)c2c3ccccc3c3ccccc3c12. The van der Waals surface area contributed by atoms with E-state index in [0.717, 1.165) is 76.0 Å². The third-order valence-corrected chi connectivity index (χ3v) is 8.65. The summed E-state index contributed by atoms with van der Waals surface area (Å²) in [4.78, 5) is 33.4. The molecule has 0 amide bonds. The molecule has 8 rings (SSSR count). The summed E-state index contributed by atoms with van der Waals surface area (Å²) in [6, 6.07) is 32.8. The molecule has 0 saturated heterocycles. The zero-order valence-electron chi connectivity index (χ0n) is 23.6. The molecule has 0 radical (unpaired) electrons. The zero-order chi connectivity index (χ0) is 29.2. The summed E-state index contributed by atoms with van der Waals surface area (Å²) in [5.74, 6) is -0.862. The van der Waals surface area contributed by atoms with Crippen LogP contribution in [0.25, 0.3) is 64.6 Å². The highest BCUT2D eigenvalue weighted by Crippen LogP contribution is 2.42. The van der Waals surface area contributed by atoms with E-state index in [4.69, 9.17) is 9.47 Å². The number of esters is 2. The second-order valence-corrected chi connectivity index (χ2v) is 10.8. The van der Waals surface area contributed by atoms with Crippen LogP contribution in [0.15, 0.2) is 97.1 Å². The number of H-pyrrole nitrogens is 2. The van der Waals surface area contributed by atoms with Gasteiger partial charge >= 0.3 is 11.9 Å². The third-order valence-electron chi connectivity index (χ3n) is 8.65. The Balaban J connectivity index is 1.51. The van der Waals surface area contributed by atoms with E-state index in [9.17, 15) is 9.59 Å². The molecule has 2 aromatic heterocycles. The largest absolute Gasteiger partial charge is 0.464 e. The first kappa shape index (κ1) is 25.1. The van der Waals surface area contributed by atoms with Crippen LogP contribution in [-0.4, -0.2) is 36.1 Å². The van der Waals surface area contributed by atoms with Gasteiger partial charge in [-0.1, -0.05) is 97.1 Å². The number of aromatic nitrogens is 2. The molecule has 8 aromatic rings. The van der Waals surface area contributed by atoms with Gasteiger partial charge < -0.3 is 19.4 Å². The normalized spacial score (nSPS) is 11.8. The van der Waals surface area contributed by atoms with Gasteiger partial charge in [0, 0.05) is 39.4 Å². The molecule has 208 valence electrons. The fourth-order valence-corrected chi connectivity index (χ4v) is 6.93. The van der Waals surface area contributed by atoms with Crippen LogP contribution in [0.5, 0.6) is 0 Å². The van der Waals surface area contributed by atoms with Crippen molar-refractivity contribution in [3.8, 4) is 0 Å². The quantitative estimate of drug-likeness (QED) is 0.167. The van der Waals surface area contributed by atoms with Gasteiger partial charge in [0.1, 0.15) is 11.4 Å². The van der Waals surface area contributed by atoms with Crippen LogP contribution >= 0.6 is 0 Å². The van der Waals surface area contributed by atoms with Crippen LogP contribution in [0.4, 0.5) is 0 Å². The standard InChI is InChI=1S/C37H26N2O4/c1-42-36(40)34-32-26-17-9-5-13-22(26)20-11-3-7-15-24(20)30(32)28(38-34)19-29-31-25-16-8-4-12-21(25)23-14-6-10-18-27(23)33(31)35(39-29)37(41)43-2/h3-18,38-39H,19H2,1-2H3. The lowest BCUT2D eigenvalue weighted by Crippen LogP contribution is -2.03. The van der Waals surface area contributed by atoms with E-state index < -0.39 is 11.9 Å². The second kappa shape index (κ2) is 9.46. The average Bonchev–Trinajstić information content (AvgIpc) is 3.64. The minimum absolute atomic E-state index is 0.408. The number of hydrogen-bond acceptors (Lipinski definition) is 4. The van der Waals surface area contributed by atoms with Gasteiger partial charge in [0.25, 0.3) is 0 Å². The van der Waals surface area contributed by atoms with Gasteiger partial charge in [-0.2, -0.15) is 0 Å².